The van der Waals surface area contributed by atoms with E-state index in [1.807, 2.05) is 20.8 Å². The molecule has 1 saturated carbocycles. The molecule has 0 atom stereocenters. The Morgan fingerprint density at radius 2 is 1.89 bits per heavy atom. The smallest absolute Gasteiger partial charge is 0.407 e. The fraction of sp³-hybridized carbons (Fsp3) is 0.375. The van der Waals surface area contributed by atoms with E-state index in [9.17, 15) is 9.18 Å². The lowest BCUT2D eigenvalue weighted by atomic mass is 9.89. The third-order valence-corrected chi connectivity index (χ3v) is 6.10. The highest BCUT2D eigenvalue weighted by atomic mass is 35.5. The number of fused-ring (bicyclic) bond motifs is 1. The Bertz CT molecular complexity index is 1260. The minimum Gasteiger partial charge on any atom is -0.493 e. The molecule has 0 saturated heterocycles. The second-order valence-corrected chi connectivity index (χ2v) is 9.93. The van der Waals surface area contributed by atoms with E-state index < -0.39 is 17.5 Å². The molecule has 0 radical (unpaired) electrons. The van der Waals surface area contributed by atoms with Crippen LogP contribution in [0.15, 0.2) is 30.6 Å². The third-order valence-electron chi connectivity index (χ3n) is 5.32. The van der Waals surface area contributed by atoms with Gasteiger partial charge in [-0.25, -0.2) is 19.2 Å². The fourth-order valence-electron chi connectivity index (χ4n) is 3.60. The predicted octanol–water partition coefficient (Wildman–Crippen LogP) is 6.26. The van der Waals surface area contributed by atoms with Crippen LogP contribution >= 0.6 is 23.2 Å². The summed E-state index contributed by atoms with van der Waals surface area (Å²) in [6.45, 7) is 5.44. The highest BCUT2D eigenvalue weighted by Gasteiger charge is 2.34. The van der Waals surface area contributed by atoms with Crippen LogP contribution in [0.25, 0.3) is 10.9 Å². The number of aromatic nitrogens is 2. The molecule has 3 aromatic rings. The zero-order valence-electron chi connectivity index (χ0n) is 19.6. The van der Waals surface area contributed by atoms with Crippen molar-refractivity contribution in [2.45, 2.75) is 51.4 Å². The van der Waals surface area contributed by atoms with E-state index in [1.54, 1.807) is 12.1 Å². The number of benzene rings is 2. The van der Waals surface area contributed by atoms with E-state index >= 15 is 0 Å². The van der Waals surface area contributed by atoms with Crippen LogP contribution in [0.5, 0.6) is 11.5 Å². The first-order valence-corrected chi connectivity index (χ1v) is 11.7. The summed E-state index contributed by atoms with van der Waals surface area (Å²) in [4.78, 5) is 20.5. The van der Waals surface area contributed by atoms with Crippen molar-refractivity contribution in [2.75, 3.05) is 12.4 Å². The molecule has 1 fully saturated rings. The predicted molar refractivity (Wildman–Crippen MR) is 133 cm³/mol. The van der Waals surface area contributed by atoms with Gasteiger partial charge in [-0.2, -0.15) is 0 Å². The van der Waals surface area contributed by atoms with Crippen LogP contribution in [0.3, 0.4) is 0 Å². The summed E-state index contributed by atoms with van der Waals surface area (Å²) in [5.41, 5.74) is 0.133. The van der Waals surface area contributed by atoms with Crippen LogP contribution in [0.4, 0.5) is 20.7 Å². The third kappa shape index (κ3) is 5.79. The van der Waals surface area contributed by atoms with E-state index in [2.05, 4.69) is 20.6 Å². The Morgan fingerprint density at radius 1 is 1.14 bits per heavy atom. The van der Waals surface area contributed by atoms with Crippen LogP contribution < -0.4 is 20.1 Å². The van der Waals surface area contributed by atoms with Gasteiger partial charge in [-0.3, -0.25) is 0 Å². The van der Waals surface area contributed by atoms with Gasteiger partial charge in [-0.1, -0.05) is 23.2 Å². The Kier molecular flexibility index (Phi) is 7.10. The van der Waals surface area contributed by atoms with Crippen molar-refractivity contribution < 1.29 is 23.4 Å². The van der Waals surface area contributed by atoms with E-state index in [0.29, 0.717) is 41.1 Å². The molecule has 2 aromatic carbocycles. The number of methoxy groups -OCH3 is 1. The van der Waals surface area contributed by atoms with Crippen molar-refractivity contribution in [3.63, 3.8) is 0 Å². The molecular weight excluding hydrogens is 498 g/mol. The summed E-state index contributed by atoms with van der Waals surface area (Å²) in [5.74, 6) is 0.645. The van der Waals surface area contributed by atoms with Gasteiger partial charge in [0, 0.05) is 30.3 Å². The average molecular weight is 523 g/mol. The normalized spacial score (nSPS) is 17.5. The molecule has 0 aliphatic heterocycles. The first-order valence-electron chi connectivity index (χ1n) is 10.9. The van der Waals surface area contributed by atoms with E-state index in [0.717, 1.165) is 0 Å². The van der Waals surface area contributed by atoms with Crippen LogP contribution in [0, 0.1) is 5.82 Å². The molecule has 2 N–H and O–H groups in total. The molecule has 1 amide bonds. The van der Waals surface area contributed by atoms with Gasteiger partial charge in [0.15, 0.2) is 17.3 Å². The molecule has 0 bridgehead atoms. The van der Waals surface area contributed by atoms with Crippen molar-refractivity contribution in [1.29, 1.82) is 0 Å². The number of alkyl carbamates (subject to hydrolysis) is 1. The monoisotopic (exact) mass is 522 g/mol. The van der Waals surface area contributed by atoms with Gasteiger partial charge in [0.1, 0.15) is 23.9 Å². The Labute approximate surface area is 212 Å². The van der Waals surface area contributed by atoms with E-state index in [1.165, 1.54) is 25.6 Å². The second kappa shape index (κ2) is 9.91. The zero-order valence-corrected chi connectivity index (χ0v) is 21.1. The van der Waals surface area contributed by atoms with Gasteiger partial charge >= 0.3 is 6.09 Å². The molecular formula is C24H25Cl2FN4O4. The quantitative estimate of drug-likeness (QED) is 0.368. The van der Waals surface area contributed by atoms with Gasteiger partial charge in [-0.15, -0.1) is 0 Å². The molecule has 35 heavy (non-hydrogen) atoms. The maximum atomic E-state index is 14.6. The molecule has 1 aromatic heterocycles. The summed E-state index contributed by atoms with van der Waals surface area (Å²) in [7, 11) is 1.53. The second-order valence-electron chi connectivity index (χ2n) is 9.14. The number of nitrogens with zero attached hydrogens (tertiary/aromatic N) is 2. The highest BCUT2D eigenvalue weighted by Crippen LogP contribution is 2.38. The summed E-state index contributed by atoms with van der Waals surface area (Å²) < 4.78 is 31.5. The number of rotatable bonds is 6. The molecule has 4 rings (SSSR count). The Morgan fingerprint density at radius 3 is 2.57 bits per heavy atom. The van der Waals surface area contributed by atoms with Crippen molar-refractivity contribution in [2.24, 2.45) is 0 Å². The number of anilines is 2. The number of halogens is 3. The maximum Gasteiger partial charge on any atom is 0.407 e. The van der Waals surface area contributed by atoms with Crippen LogP contribution in [-0.4, -0.2) is 40.9 Å². The molecule has 11 heteroatoms. The number of carbonyl (C=O) groups is 1. The van der Waals surface area contributed by atoms with E-state index in [4.69, 9.17) is 37.4 Å². The van der Waals surface area contributed by atoms with Gasteiger partial charge < -0.3 is 24.8 Å². The zero-order chi connectivity index (χ0) is 25.3. The lowest BCUT2D eigenvalue weighted by Crippen LogP contribution is -2.50. The highest BCUT2D eigenvalue weighted by molar-refractivity contribution is 6.42. The molecule has 186 valence electrons. The first-order chi connectivity index (χ1) is 16.5. The van der Waals surface area contributed by atoms with Crippen molar-refractivity contribution in [3.8, 4) is 11.5 Å². The summed E-state index contributed by atoms with van der Waals surface area (Å²) in [6.07, 6.45) is 2.01. The summed E-state index contributed by atoms with van der Waals surface area (Å²) >= 11 is 11.8. The molecule has 1 aliphatic rings. The number of hydrogen-bond acceptors (Lipinski definition) is 7. The number of hydrogen-bond donors (Lipinski definition) is 2. The van der Waals surface area contributed by atoms with Crippen molar-refractivity contribution in [1.82, 2.24) is 15.3 Å². The van der Waals surface area contributed by atoms with Crippen molar-refractivity contribution in [3.05, 3.63) is 46.5 Å². The number of nitrogens with one attached hydrogen (secondary N) is 2. The Hall–Kier alpha value is -3.04. The minimum absolute atomic E-state index is 0.0421. The topological polar surface area (TPSA) is 94.6 Å². The largest absolute Gasteiger partial charge is 0.493 e. The van der Waals surface area contributed by atoms with Gasteiger partial charge in [0.25, 0.3) is 0 Å². The van der Waals surface area contributed by atoms with Gasteiger partial charge in [0.2, 0.25) is 0 Å². The van der Waals surface area contributed by atoms with Crippen LogP contribution in [0.1, 0.15) is 33.6 Å². The minimum atomic E-state index is -0.686. The number of ether oxygens (including phenoxy) is 3. The van der Waals surface area contributed by atoms with Gasteiger partial charge in [0.05, 0.1) is 28.4 Å². The lowest BCUT2D eigenvalue weighted by molar-refractivity contribution is 0.0358. The van der Waals surface area contributed by atoms with E-state index in [-0.39, 0.29) is 27.9 Å². The fourth-order valence-corrected chi connectivity index (χ4v) is 3.91. The number of carbonyl (C=O) groups excluding carboxylic acids is 1. The molecule has 8 nitrogen and oxygen atoms in total. The van der Waals surface area contributed by atoms with Crippen molar-refractivity contribution >= 4 is 51.7 Å². The standard InChI is InChI=1S/C24H25Cl2FN4O4/c1-24(2,3)35-23(32)30-12-7-13(8-12)34-19-9-14-17(10-18(19)33-4)28-11-29-22(14)31-16-6-5-15(25)20(26)21(16)27/h5-6,9-13H,7-8H2,1-4H3,(H,30,32)(H,28,29,31). The molecule has 1 heterocycles. The maximum absolute atomic E-state index is 14.6. The number of amides is 1. The summed E-state index contributed by atoms with van der Waals surface area (Å²) in [5, 5.41) is 6.32. The molecule has 0 unspecified atom stereocenters. The van der Waals surface area contributed by atoms with Crippen LogP contribution in [0.2, 0.25) is 10.0 Å². The Balaban J connectivity index is 1.51. The average Bonchev–Trinajstić information content (AvgIpc) is 2.76. The first kappa shape index (κ1) is 25.1. The SMILES string of the molecule is COc1cc2ncnc(Nc3ccc(Cl)c(Cl)c3F)c2cc1OC1CC(NC(=O)OC(C)(C)C)C1. The van der Waals surface area contributed by atoms with Gasteiger partial charge in [-0.05, 0) is 39.0 Å². The molecule has 0 spiro atoms. The molecule has 1 aliphatic carbocycles. The lowest BCUT2D eigenvalue weighted by Gasteiger charge is -2.36. The van der Waals surface area contributed by atoms with Crippen LogP contribution in [-0.2, 0) is 4.74 Å². The summed E-state index contributed by atoms with van der Waals surface area (Å²) in [6, 6.07) is 6.39.